The minimum absolute atomic E-state index is 0.158. The fraction of sp³-hybridized carbons (Fsp3) is 0.500. The number of ether oxygens (including phenoxy) is 1. The van der Waals surface area contributed by atoms with E-state index in [1.54, 1.807) is 13.1 Å². The van der Waals surface area contributed by atoms with Gasteiger partial charge in [-0.1, -0.05) is 13.8 Å². The molecule has 0 bridgehead atoms. The average molecular weight is 444 g/mol. The highest BCUT2D eigenvalue weighted by Gasteiger charge is 2.21. The first-order valence-electron chi connectivity index (χ1n) is 11.3. The number of anilines is 1. The zero-order valence-electron chi connectivity index (χ0n) is 18.9. The molecular formula is C24H31F2N5O. The van der Waals surface area contributed by atoms with Crippen molar-refractivity contribution < 1.29 is 13.5 Å². The van der Waals surface area contributed by atoms with Crippen molar-refractivity contribution in [2.24, 2.45) is 5.92 Å². The molecule has 1 aliphatic rings. The molecule has 4 rings (SSSR count). The highest BCUT2D eigenvalue weighted by atomic mass is 19.1. The summed E-state index contributed by atoms with van der Waals surface area (Å²) in [5.74, 6) is 1.15. The summed E-state index contributed by atoms with van der Waals surface area (Å²) < 4.78 is 34.5. The molecule has 0 radical (unpaired) electrons. The number of H-pyrrole nitrogens is 2. The molecule has 8 heteroatoms. The average Bonchev–Trinajstić information content (AvgIpc) is 3.41. The van der Waals surface area contributed by atoms with E-state index in [0.29, 0.717) is 18.4 Å². The largest absolute Gasteiger partial charge is 0.493 e. The third kappa shape index (κ3) is 5.11. The highest BCUT2D eigenvalue weighted by molar-refractivity contribution is 5.58. The molecule has 1 fully saturated rings. The Labute approximate surface area is 187 Å². The SMILES string of the molecule is Cc1cnc(-c2c(F)cc(OCCCC3CCN(c4cc(C(C)C)[nH]n4)CC3)cc2F)[nH]1. The Balaban J connectivity index is 1.22. The number of halogens is 2. The van der Waals surface area contributed by atoms with Crippen LogP contribution < -0.4 is 9.64 Å². The number of hydrogen-bond donors (Lipinski definition) is 2. The Bertz CT molecular complexity index is 1010. The van der Waals surface area contributed by atoms with Crippen LogP contribution in [0, 0.1) is 24.5 Å². The summed E-state index contributed by atoms with van der Waals surface area (Å²) in [6.07, 6.45) is 5.67. The predicted octanol–water partition coefficient (Wildman–Crippen LogP) is 5.59. The van der Waals surface area contributed by atoms with Gasteiger partial charge in [-0.3, -0.25) is 5.10 Å². The molecule has 0 amide bonds. The molecule has 0 unspecified atom stereocenters. The van der Waals surface area contributed by atoms with Crippen LogP contribution in [-0.4, -0.2) is 39.9 Å². The number of nitrogens with one attached hydrogen (secondary N) is 2. The molecule has 2 N–H and O–H groups in total. The first kappa shape index (κ1) is 22.3. The van der Waals surface area contributed by atoms with Gasteiger partial charge in [0.05, 0.1) is 12.2 Å². The summed E-state index contributed by atoms with van der Waals surface area (Å²) in [6.45, 7) is 8.53. The maximum atomic E-state index is 14.4. The third-order valence-electron chi connectivity index (χ3n) is 6.13. The van der Waals surface area contributed by atoms with E-state index in [4.69, 9.17) is 4.74 Å². The Kier molecular flexibility index (Phi) is 6.77. The highest BCUT2D eigenvalue weighted by Crippen LogP contribution is 2.29. The van der Waals surface area contributed by atoms with Gasteiger partial charge in [-0.05, 0) is 44.4 Å². The van der Waals surface area contributed by atoms with Crippen molar-refractivity contribution in [1.29, 1.82) is 0 Å². The second-order valence-electron chi connectivity index (χ2n) is 8.93. The number of nitrogens with zero attached hydrogens (tertiary/aromatic N) is 3. The summed E-state index contributed by atoms with van der Waals surface area (Å²) in [7, 11) is 0. The molecule has 0 aliphatic carbocycles. The van der Waals surface area contributed by atoms with Crippen molar-refractivity contribution in [2.75, 3.05) is 24.6 Å². The van der Waals surface area contributed by atoms with E-state index >= 15 is 0 Å². The van der Waals surface area contributed by atoms with Gasteiger partial charge in [0.15, 0.2) is 5.82 Å². The summed E-state index contributed by atoms with van der Waals surface area (Å²) in [6, 6.07) is 4.60. The molecule has 3 aromatic rings. The number of imidazole rings is 1. The second kappa shape index (κ2) is 9.71. The number of hydrogen-bond acceptors (Lipinski definition) is 4. The van der Waals surface area contributed by atoms with Gasteiger partial charge in [-0.15, -0.1) is 0 Å². The molecule has 6 nitrogen and oxygen atoms in total. The smallest absolute Gasteiger partial charge is 0.150 e. The van der Waals surface area contributed by atoms with Gasteiger partial charge in [-0.25, -0.2) is 13.8 Å². The van der Waals surface area contributed by atoms with Gasteiger partial charge in [0.25, 0.3) is 0 Å². The molecule has 0 saturated carbocycles. The van der Waals surface area contributed by atoms with Gasteiger partial charge < -0.3 is 14.6 Å². The van der Waals surface area contributed by atoms with E-state index in [0.717, 1.165) is 50.3 Å². The van der Waals surface area contributed by atoms with Crippen LogP contribution in [0.4, 0.5) is 14.6 Å². The van der Waals surface area contributed by atoms with E-state index in [2.05, 4.69) is 45.0 Å². The monoisotopic (exact) mass is 443 g/mol. The minimum atomic E-state index is -0.680. The minimum Gasteiger partial charge on any atom is -0.493 e. The van der Waals surface area contributed by atoms with E-state index in [1.165, 1.54) is 17.8 Å². The van der Waals surface area contributed by atoms with Gasteiger partial charge in [-0.2, -0.15) is 5.10 Å². The molecule has 172 valence electrons. The van der Waals surface area contributed by atoms with E-state index < -0.39 is 11.6 Å². The summed E-state index contributed by atoms with van der Waals surface area (Å²) in [5.41, 5.74) is 1.75. The zero-order valence-corrected chi connectivity index (χ0v) is 18.9. The summed E-state index contributed by atoms with van der Waals surface area (Å²) in [5, 5.41) is 7.58. The third-order valence-corrected chi connectivity index (χ3v) is 6.13. The summed E-state index contributed by atoms with van der Waals surface area (Å²) >= 11 is 0. The molecule has 1 aromatic carbocycles. The number of piperidine rings is 1. The first-order chi connectivity index (χ1) is 15.4. The van der Waals surface area contributed by atoms with Crippen molar-refractivity contribution in [3.05, 3.63) is 47.4 Å². The van der Waals surface area contributed by atoms with Gasteiger partial charge in [0.1, 0.15) is 23.2 Å². The number of rotatable bonds is 8. The standard InChI is InChI=1S/C24H31F2N5O/c1-15(2)21-13-22(30-29-21)31-8-6-17(7-9-31)5-4-10-32-18-11-19(25)23(20(26)12-18)24-27-14-16(3)28-24/h11-15,17H,4-10H2,1-3H3,(H,27,28)(H,29,30). The van der Waals surface area contributed by atoms with Crippen molar-refractivity contribution in [3.63, 3.8) is 0 Å². The fourth-order valence-corrected chi connectivity index (χ4v) is 4.20. The lowest BCUT2D eigenvalue weighted by molar-refractivity contribution is 0.277. The predicted molar refractivity (Wildman–Crippen MR) is 121 cm³/mol. The van der Waals surface area contributed by atoms with Gasteiger partial charge in [0.2, 0.25) is 0 Å². The lowest BCUT2D eigenvalue weighted by atomic mass is 9.92. The van der Waals surface area contributed by atoms with Crippen molar-refractivity contribution >= 4 is 5.82 Å². The fourth-order valence-electron chi connectivity index (χ4n) is 4.20. The zero-order chi connectivity index (χ0) is 22.7. The first-order valence-corrected chi connectivity index (χ1v) is 11.3. The number of aromatic nitrogens is 4. The lowest BCUT2D eigenvalue weighted by Gasteiger charge is -2.32. The maximum absolute atomic E-state index is 14.4. The molecular weight excluding hydrogens is 412 g/mol. The molecule has 32 heavy (non-hydrogen) atoms. The Morgan fingerprint density at radius 2 is 1.88 bits per heavy atom. The molecule has 3 heterocycles. The summed E-state index contributed by atoms with van der Waals surface area (Å²) in [4.78, 5) is 9.21. The number of aryl methyl sites for hydroxylation is 1. The lowest BCUT2D eigenvalue weighted by Crippen LogP contribution is -2.34. The van der Waals surface area contributed by atoms with Gasteiger partial charge in [0, 0.05) is 48.9 Å². The van der Waals surface area contributed by atoms with Crippen molar-refractivity contribution in [1.82, 2.24) is 20.2 Å². The van der Waals surface area contributed by atoms with Crippen LogP contribution in [0.15, 0.2) is 24.4 Å². The van der Waals surface area contributed by atoms with E-state index in [9.17, 15) is 8.78 Å². The second-order valence-corrected chi connectivity index (χ2v) is 8.93. The quantitative estimate of drug-likeness (QED) is 0.446. The topological polar surface area (TPSA) is 69.8 Å². The molecule has 2 aromatic heterocycles. The number of benzene rings is 1. The van der Waals surface area contributed by atoms with Crippen LogP contribution in [-0.2, 0) is 0 Å². The Morgan fingerprint density at radius 1 is 1.16 bits per heavy atom. The molecule has 1 saturated heterocycles. The van der Waals surface area contributed by atoms with Gasteiger partial charge >= 0.3 is 0 Å². The van der Waals surface area contributed by atoms with Crippen LogP contribution in [0.2, 0.25) is 0 Å². The van der Waals surface area contributed by atoms with Crippen LogP contribution in [0.1, 0.15) is 56.8 Å². The van der Waals surface area contributed by atoms with Crippen LogP contribution in [0.25, 0.3) is 11.4 Å². The molecule has 1 aliphatic heterocycles. The molecule has 0 spiro atoms. The Hall–Kier alpha value is -2.90. The molecule has 0 atom stereocenters. The Morgan fingerprint density at radius 3 is 2.47 bits per heavy atom. The maximum Gasteiger partial charge on any atom is 0.150 e. The number of aromatic amines is 2. The van der Waals surface area contributed by atoms with Crippen LogP contribution >= 0.6 is 0 Å². The van der Waals surface area contributed by atoms with E-state index in [-0.39, 0.29) is 17.1 Å². The normalized spacial score (nSPS) is 15.0. The van der Waals surface area contributed by atoms with Crippen molar-refractivity contribution in [2.45, 2.75) is 52.4 Å². The van der Waals surface area contributed by atoms with E-state index in [1.807, 2.05) is 0 Å². The van der Waals surface area contributed by atoms with Crippen LogP contribution in [0.5, 0.6) is 5.75 Å². The van der Waals surface area contributed by atoms with Crippen LogP contribution in [0.3, 0.4) is 0 Å². The van der Waals surface area contributed by atoms with Crippen molar-refractivity contribution in [3.8, 4) is 17.1 Å².